The number of thiazole rings is 1. The Hall–Kier alpha value is -0.610. The summed E-state index contributed by atoms with van der Waals surface area (Å²) >= 11 is 7.00. The van der Waals surface area contributed by atoms with Crippen LogP contribution in [-0.4, -0.2) is 16.8 Å². The van der Waals surface area contributed by atoms with Crippen molar-refractivity contribution >= 4 is 28.8 Å². The van der Waals surface area contributed by atoms with Crippen LogP contribution in [0.4, 0.5) is 0 Å². The molecule has 0 atom stereocenters. The van der Waals surface area contributed by atoms with Crippen LogP contribution in [0.25, 0.3) is 0 Å². The number of aromatic nitrogens is 1. The molecule has 0 fully saturated rings. The second kappa shape index (κ2) is 5.47. The fourth-order valence-corrected chi connectivity index (χ4v) is 2.42. The molecule has 0 aliphatic rings. The van der Waals surface area contributed by atoms with Gasteiger partial charge in [0.05, 0.1) is 12.2 Å². The maximum Gasteiger partial charge on any atom is 0.235 e. The van der Waals surface area contributed by atoms with Crippen LogP contribution in [0.5, 0.6) is 0 Å². The summed E-state index contributed by atoms with van der Waals surface area (Å²) in [7, 11) is 0. The molecule has 0 saturated heterocycles. The van der Waals surface area contributed by atoms with Gasteiger partial charge in [0, 0.05) is 4.88 Å². The van der Waals surface area contributed by atoms with Crippen molar-refractivity contribution in [3.63, 3.8) is 0 Å². The summed E-state index contributed by atoms with van der Waals surface area (Å²) in [6.45, 7) is 6.76. The van der Waals surface area contributed by atoms with Crippen LogP contribution in [0.2, 0.25) is 0 Å². The Morgan fingerprint density at radius 2 is 2.27 bits per heavy atom. The highest BCUT2D eigenvalue weighted by atomic mass is 35.5. The van der Waals surface area contributed by atoms with E-state index in [1.807, 2.05) is 0 Å². The molecule has 3 nitrogen and oxygen atoms in total. The van der Waals surface area contributed by atoms with Crippen molar-refractivity contribution in [3.8, 4) is 0 Å². The van der Waals surface area contributed by atoms with Crippen molar-refractivity contribution in [3.05, 3.63) is 15.6 Å². The number of nitrogens with zero attached hydrogens (tertiary/aromatic N) is 1. The summed E-state index contributed by atoms with van der Waals surface area (Å²) in [6, 6.07) is 0. The molecule has 0 bridgehead atoms. The van der Waals surface area contributed by atoms with Crippen molar-refractivity contribution in [2.45, 2.75) is 33.2 Å². The van der Waals surface area contributed by atoms with Crippen LogP contribution in [0, 0.1) is 6.92 Å². The van der Waals surface area contributed by atoms with E-state index in [1.165, 1.54) is 4.88 Å². The third kappa shape index (κ3) is 3.47. The monoisotopic (exact) mass is 246 g/mol. The largest absolute Gasteiger partial charge is 0.349 e. The predicted octanol–water partition coefficient (Wildman–Crippen LogP) is 2.43. The minimum absolute atomic E-state index is 0.00138. The van der Waals surface area contributed by atoms with E-state index in [2.05, 4.69) is 31.1 Å². The van der Waals surface area contributed by atoms with Crippen molar-refractivity contribution in [1.82, 2.24) is 10.3 Å². The Bertz CT molecular complexity index is 349. The first-order valence-electron chi connectivity index (χ1n) is 4.83. The van der Waals surface area contributed by atoms with Crippen LogP contribution in [0.1, 0.15) is 35.3 Å². The molecule has 84 valence electrons. The zero-order chi connectivity index (χ0) is 11.4. The van der Waals surface area contributed by atoms with Gasteiger partial charge < -0.3 is 5.32 Å². The number of alkyl halides is 1. The van der Waals surface area contributed by atoms with Gasteiger partial charge in [0.2, 0.25) is 5.91 Å². The third-order valence-corrected chi connectivity index (χ3v) is 3.21. The molecular formula is C10H15ClN2OS. The molecule has 1 rings (SSSR count). The Morgan fingerprint density at radius 1 is 1.60 bits per heavy atom. The molecule has 0 unspecified atom stereocenters. The van der Waals surface area contributed by atoms with Crippen LogP contribution >= 0.6 is 22.9 Å². The smallest absolute Gasteiger partial charge is 0.235 e. The summed E-state index contributed by atoms with van der Waals surface area (Å²) in [4.78, 5) is 16.6. The molecule has 0 aliphatic carbocycles. The topological polar surface area (TPSA) is 42.0 Å². The Kier molecular flexibility index (Phi) is 4.54. The lowest BCUT2D eigenvalue weighted by Gasteiger charge is -2.00. The second-order valence-electron chi connectivity index (χ2n) is 3.61. The van der Waals surface area contributed by atoms with Gasteiger partial charge in [0.1, 0.15) is 10.9 Å². The van der Waals surface area contributed by atoms with Gasteiger partial charge in [0.15, 0.2) is 0 Å². The fraction of sp³-hybridized carbons (Fsp3) is 0.600. The van der Waals surface area contributed by atoms with Crippen LogP contribution < -0.4 is 5.32 Å². The third-order valence-electron chi connectivity index (χ3n) is 1.98. The van der Waals surface area contributed by atoms with E-state index in [0.29, 0.717) is 12.5 Å². The van der Waals surface area contributed by atoms with E-state index >= 15 is 0 Å². The van der Waals surface area contributed by atoms with E-state index < -0.39 is 0 Å². The lowest BCUT2D eigenvalue weighted by atomic mass is 10.1. The van der Waals surface area contributed by atoms with Gasteiger partial charge in [-0.3, -0.25) is 4.79 Å². The number of halogens is 1. The van der Waals surface area contributed by atoms with Gasteiger partial charge in [-0.2, -0.15) is 0 Å². The molecule has 1 aromatic heterocycles. The summed E-state index contributed by atoms with van der Waals surface area (Å²) in [5, 5.41) is 3.64. The van der Waals surface area contributed by atoms with Crippen molar-refractivity contribution in [2.24, 2.45) is 0 Å². The number of nitrogens with one attached hydrogen (secondary N) is 1. The average Bonchev–Trinajstić information content (AvgIpc) is 2.56. The van der Waals surface area contributed by atoms with Crippen molar-refractivity contribution < 1.29 is 4.79 Å². The molecule has 1 amide bonds. The Labute approximate surface area is 98.9 Å². The highest BCUT2D eigenvalue weighted by Crippen LogP contribution is 2.23. The first kappa shape index (κ1) is 12.5. The number of aryl methyl sites for hydroxylation is 1. The van der Waals surface area contributed by atoms with Gasteiger partial charge in [-0.05, 0) is 12.8 Å². The number of amides is 1. The second-order valence-corrected chi connectivity index (χ2v) is 5.17. The number of hydrogen-bond acceptors (Lipinski definition) is 3. The number of rotatable bonds is 4. The van der Waals surface area contributed by atoms with Gasteiger partial charge in [-0.15, -0.1) is 22.9 Å². The Morgan fingerprint density at radius 3 is 2.73 bits per heavy atom. The fourth-order valence-electron chi connectivity index (χ4n) is 1.30. The minimum atomic E-state index is -0.157. The van der Waals surface area contributed by atoms with E-state index in [4.69, 9.17) is 11.6 Å². The first-order valence-corrected chi connectivity index (χ1v) is 6.18. The lowest BCUT2D eigenvalue weighted by Crippen LogP contribution is -2.23. The van der Waals surface area contributed by atoms with Crippen LogP contribution in [0.3, 0.4) is 0 Å². The molecule has 1 aromatic rings. The van der Waals surface area contributed by atoms with Crippen molar-refractivity contribution in [2.75, 3.05) is 5.88 Å². The zero-order valence-corrected chi connectivity index (χ0v) is 10.7. The summed E-state index contributed by atoms with van der Waals surface area (Å²) < 4.78 is 0. The maximum absolute atomic E-state index is 10.9. The van der Waals surface area contributed by atoms with Crippen LogP contribution in [0.15, 0.2) is 0 Å². The molecule has 5 heteroatoms. The number of hydrogen-bond donors (Lipinski definition) is 1. The SMILES string of the molecule is Cc1sc(CNC(=O)CCl)nc1C(C)C. The molecule has 0 radical (unpaired) electrons. The lowest BCUT2D eigenvalue weighted by molar-refractivity contribution is -0.118. The molecule has 15 heavy (non-hydrogen) atoms. The molecule has 1 N–H and O–H groups in total. The predicted molar refractivity (Wildman–Crippen MR) is 63.5 cm³/mol. The summed E-state index contributed by atoms with van der Waals surface area (Å²) in [5.41, 5.74) is 1.12. The average molecular weight is 247 g/mol. The number of carbonyl (C=O) groups is 1. The van der Waals surface area contributed by atoms with Crippen LogP contribution in [-0.2, 0) is 11.3 Å². The minimum Gasteiger partial charge on any atom is -0.349 e. The standard InChI is InChI=1S/C10H15ClN2OS/c1-6(2)10-7(3)15-9(13-10)5-12-8(14)4-11/h6H,4-5H2,1-3H3,(H,12,14). The zero-order valence-electron chi connectivity index (χ0n) is 9.13. The molecule has 0 aliphatic heterocycles. The van der Waals surface area contributed by atoms with Crippen molar-refractivity contribution in [1.29, 1.82) is 0 Å². The molecule has 1 heterocycles. The van der Waals surface area contributed by atoms with E-state index in [9.17, 15) is 4.79 Å². The van der Waals surface area contributed by atoms with Gasteiger partial charge in [-0.1, -0.05) is 13.8 Å². The molecular weight excluding hydrogens is 232 g/mol. The molecule has 0 aromatic carbocycles. The quantitative estimate of drug-likeness (QED) is 0.830. The van der Waals surface area contributed by atoms with Gasteiger partial charge in [-0.25, -0.2) is 4.98 Å². The van der Waals surface area contributed by atoms with E-state index in [1.54, 1.807) is 11.3 Å². The van der Waals surface area contributed by atoms with Gasteiger partial charge >= 0.3 is 0 Å². The normalized spacial score (nSPS) is 10.7. The first-order chi connectivity index (χ1) is 7.04. The highest BCUT2D eigenvalue weighted by Gasteiger charge is 2.11. The summed E-state index contributed by atoms with van der Waals surface area (Å²) in [5.74, 6) is 0.274. The maximum atomic E-state index is 10.9. The Balaban J connectivity index is 2.63. The number of carbonyl (C=O) groups excluding carboxylic acids is 1. The summed E-state index contributed by atoms with van der Waals surface area (Å²) in [6.07, 6.45) is 0. The van der Waals surface area contributed by atoms with E-state index in [-0.39, 0.29) is 11.8 Å². The molecule has 0 saturated carbocycles. The molecule has 0 spiro atoms. The van der Waals surface area contributed by atoms with E-state index in [0.717, 1.165) is 10.7 Å². The highest BCUT2D eigenvalue weighted by molar-refractivity contribution is 7.11. The van der Waals surface area contributed by atoms with Gasteiger partial charge in [0.25, 0.3) is 0 Å².